The van der Waals surface area contributed by atoms with Gasteiger partial charge < -0.3 is 4.90 Å². The predicted octanol–water partition coefficient (Wildman–Crippen LogP) is 11.2. The van der Waals surface area contributed by atoms with E-state index in [0.717, 1.165) is 11.4 Å². The first kappa shape index (κ1) is 25.4. The molecule has 1 nitrogen and oxygen atoms in total. The second-order valence-electron chi connectivity index (χ2n) is 12.3. The Balaban J connectivity index is 1.49. The van der Waals surface area contributed by atoms with Gasteiger partial charge in [-0.15, -0.1) is 0 Å². The highest BCUT2D eigenvalue weighted by molar-refractivity contribution is 5.95. The molecule has 41 heavy (non-hydrogen) atoms. The fourth-order valence-electron chi connectivity index (χ4n) is 6.63. The lowest BCUT2D eigenvalue weighted by Crippen LogP contribution is -2.43. The first-order valence-corrected chi connectivity index (χ1v) is 14.5. The van der Waals surface area contributed by atoms with Crippen molar-refractivity contribution in [2.24, 2.45) is 0 Å². The van der Waals surface area contributed by atoms with Gasteiger partial charge in [-0.25, -0.2) is 0 Å². The van der Waals surface area contributed by atoms with E-state index < -0.39 is 0 Å². The van der Waals surface area contributed by atoms with Crippen LogP contribution in [0.25, 0.3) is 33.0 Å². The van der Waals surface area contributed by atoms with Crippen LogP contribution in [0.1, 0.15) is 38.8 Å². The molecule has 0 aromatic heterocycles. The van der Waals surface area contributed by atoms with Crippen molar-refractivity contribution < 1.29 is 0 Å². The van der Waals surface area contributed by atoms with Gasteiger partial charge in [0.15, 0.2) is 0 Å². The van der Waals surface area contributed by atoms with E-state index in [-0.39, 0.29) is 10.8 Å². The van der Waals surface area contributed by atoms with Crippen LogP contribution in [-0.2, 0) is 10.8 Å². The summed E-state index contributed by atoms with van der Waals surface area (Å²) in [5, 5.41) is 2.49. The molecule has 200 valence electrons. The zero-order valence-corrected chi connectivity index (χ0v) is 24.2. The molecule has 0 fully saturated rings. The molecule has 0 saturated carbocycles. The lowest BCUT2D eigenvalue weighted by molar-refractivity contribution is 0.299. The average molecular weight is 530 g/mol. The van der Waals surface area contributed by atoms with E-state index >= 15 is 0 Å². The van der Waals surface area contributed by atoms with Crippen molar-refractivity contribution in [2.75, 3.05) is 4.90 Å². The highest BCUT2D eigenvalue weighted by atomic mass is 15.1. The maximum absolute atomic E-state index is 2.45. The summed E-state index contributed by atoms with van der Waals surface area (Å²) >= 11 is 0. The van der Waals surface area contributed by atoms with Crippen LogP contribution >= 0.6 is 0 Å². The van der Waals surface area contributed by atoms with Crippen LogP contribution in [0.3, 0.4) is 0 Å². The van der Waals surface area contributed by atoms with Crippen LogP contribution in [0.2, 0.25) is 0 Å². The molecule has 1 aliphatic carbocycles. The topological polar surface area (TPSA) is 3.24 Å². The van der Waals surface area contributed by atoms with Crippen LogP contribution in [0.4, 0.5) is 17.1 Å². The highest BCUT2D eigenvalue weighted by Gasteiger charge is 2.46. The normalized spacial score (nSPS) is 14.7. The van der Waals surface area contributed by atoms with Crippen molar-refractivity contribution in [3.63, 3.8) is 0 Å². The second-order valence-corrected chi connectivity index (χ2v) is 12.3. The summed E-state index contributed by atoms with van der Waals surface area (Å²) in [6.45, 7) is 9.59. The number of fused-ring (bicyclic) bond motifs is 4. The minimum atomic E-state index is -0.0566. The molecule has 0 saturated heterocycles. The van der Waals surface area contributed by atoms with E-state index in [0.29, 0.717) is 0 Å². The Bertz CT molecular complexity index is 1880. The van der Waals surface area contributed by atoms with Gasteiger partial charge >= 0.3 is 0 Å². The van der Waals surface area contributed by atoms with Crippen LogP contribution in [0.15, 0.2) is 140 Å². The molecule has 7 rings (SSSR count). The molecular formula is C40H35N. The molecular weight excluding hydrogens is 494 g/mol. The van der Waals surface area contributed by atoms with Crippen LogP contribution in [0, 0.1) is 0 Å². The summed E-state index contributed by atoms with van der Waals surface area (Å²) in [5.41, 5.74) is 11.3. The average Bonchev–Trinajstić information content (AvgIpc) is 3.01. The number of hydrogen-bond donors (Lipinski definition) is 0. The summed E-state index contributed by atoms with van der Waals surface area (Å²) in [4.78, 5) is 2.45. The number of nitrogens with zero attached hydrogens (tertiary/aromatic N) is 1. The standard InChI is InChI=1S/C40H35N/c1-39(2)35-18-11-10-17-34(35)38-36(40(39,3)4)19-12-20-37(38)41(33-26-23-29-15-8-9-16-31(29)27-33)32-24-21-30(22-25-32)28-13-6-5-7-14-28/h5-27H,1-4H3. The molecule has 0 aliphatic heterocycles. The summed E-state index contributed by atoms with van der Waals surface area (Å²) in [6.07, 6.45) is 0. The van der Waals surface area contributed by atoms with Crippen molar-refractivity contribution in [3.05, 3.63) is 151 Å². The Labute approximate surface area is 243 Å². The van der Waals surface area contributed by atoms with Gasteiger partial charge in [0.1, 0.15) is 0 Å². The number of hydrogen-bond acceptors (Lipinski definition) is 1. The molecule has 6 aromatic rings. The first-order valence-electron chi connectivity index (χ1n) is 14.5. The number of benzene rings is 6. The number of anilines is 3. The SMILES string of the molecule is CC1(C)c2ccccc2-c2c(N(c3ccc(-c4ccccc4)cc3)c3ccc4ccccc4c3)cccc2C1(C)C. The molecule has 0 amide bonds. The largest absolute Gasteiger partial charge is 0.310 e. The van der Waals surface area contributed by atoms with E-state index in [2.05, 4.69) is 172 Å². The molecule has 0 N–H and O–H groups in total. The fourth-order valence-corrected chi connectivity index (χ4v) is 6.63. The zero-order chi connectivity index (χ0) is 28.2. The van der Waals surface area contributed by atoms with Gasteiger partial charge in [-0.2, -0.15) is 0 Å². The highest BCUT2D eigenvalue weighted by Crippen LogP contribution is 2.57. The summed E-state index contributed by atoms with van der Waals surface area (Å²) in [6, 6.07) is 51.0. The van der Waals surface area contributed by atoms with Crippen molar-refractivity contribution in [2.45, 2.75) is 38.5 Å². The maximum Gasteiger partial charge on any atom is 0.0543 e. The Morgan fingerprint density at radius 1 is 0.439 bits per heavy atom. The lowest BCUT2D eigenvalue weighted by Gasteiger charge is -2.49. The minimum Gasteiger partial charge on any atom is -0.310 e. The molecule has 0 radical (unpaired) electrons. The third kappa shape index (κ3) is 3.99. The minimum absolute atomic E-state index is 0.0136. The van der Waals surface area contributed by atoms with E-state index in [1.54, 1.807) is 0 Å². The third-order valence-electron chi connectivity index (χ3n) is 9.61. The zero-order valence-electron chi connectivity index (χ0n) is 24.2. The lowest BCUT2D eigenvalue weighted by atomic mass is 9.55. The molecule has 0 unspecified atom stereocenters. The van der Waals surface area contributed by atoms with Crippen molar-refractivity contribution in [3.8, 4) is 22.3 Å². The van der Waals surface area contributed by atoms with Gasteiger partial charge in [0.25, 0.3) is 0 Å². The van der Waals surface area contributed by atoms with Gasteiger partial charge in [0, 0.05) is 16.9 Å². The first-order chi connectivity index (χ1) is 19.9. The quantitative estimate of drug-likeness (QED) is 0.219. The summed E-state index contributed by atoms with van der Waals surface area (Å²) < 4.78 is 0. The number of rotatable bonds is 4. The predicted molar refractivity (Wildman–Crippen MR) is 176 cm³/mol. The molecule has 6 aromatic carbocycles. The third-order valence-corrected chi connectivity index (χ3v) is 9.61. The van der Waals surface area contributed by atoms with Crippen LogP contribution in [0.5, 0.6) is 0 Å². The maximum atomic E-state index is 2.45. The smallest absolute Gasteiger partial charge is 0.0543 e. The van der Waals surface area contributed by atoms with Crippen LogP contribution < -0.4 is 4.90 Å². The van der Waals surface area contributed by atoms with Crippen molar-refractivity contribution in [1.29, 1.82) is 0 Å². The fraction of sp³-hybridized carbons (Fsp3) is 0.150. The Morgan fingerprint density at radius 3 is 1.80 bits per heavy atom. The van der Waals surface area contributed by atoms with Gasteiger partial charge in [-0.05, 0) is 79.8 Å². The molecule has 0 atom stereocenters. The van der Waals surface area contributed by atoms with Crippen LogP contribution in [-0.4, -0.2) is 0 Å². The van der Waals surface area contributed by atoms with Gasteiger partial charge in [-0.1, -0.05) is 137 Å². The Kier molecular flexibility index (Phi) is 5.87. The van der Waals surface area contributed by atoms with Crippen molar-refractivity contribution in [1.82, 2.24) is 0 Å². The molecule has 0 heterocycles. The van der Waals surface area contributed by atoms with E-state index in [9.17, 15) is 0 Å². The van der Waals surface area contributed by atoms with E-state index in [4.69, 9.17) is 0 Å². The van der Waals surface area contributed by atoms with E-state index in [1.807, 2.05) is 0 Å². The van der Waals surface area contributed by atoms with Gasteiger partial charge in [0.05, 0.1) is 5.69 Å². The van der Waals surface area contributed by atoms with E-state index in [1.165, 1.54) is 49.8 Å². The monoisotopic (exact) mass is 529 g/mol. The Morgan fingerprint density at radius 2 is 1.02 bits per heavy atom. The summed E-state index contributed by atoms with van der Waals surface area (Å²) in [7, 11) is 0. The van der Waals surface area contributed by atoms with Gasteiger partial charge in [-0.3, -0.25) is 0 Å². The Hall–Kier alpha value is -4.62. The second kappa shape index (κ2) is 9.49. The molecule has 1 heteroatoms. The molecule has 0 bridgehead atoms. The molecule has 1 aliphatic rings. The van der Waals surface area contributed by atoms with Gasteiger partial charge in [0.2, 0.25) is 0 Å². The summed E-state index contributed by atoms with van der Waals surface area (Å²) in [5.74, 6) is 0. The molecule has 0 spiro atoms. The van der Waals surface area contributed by atoms with Crippen molar-refractivity contribution >= 4 is 27.8 Å².